The highest BCUT2D eigenvalue weighted by molar-refractivity contribution is 8.01. The molecule has 13 heteroatoms. The molecule has 0 spiro atoms. The highest BCUT2D eigenvalue weighted by Gasteiger charge is 2.59. The quantitative estimate of drug-likeness (QED) is 0.288. The predicted molar refractivity (Wildman–Crippen MR) is 186 cm³/mol. The minimum atomic E-state index is -1.57. The van der Waals surface area contributed by atoms with E-state index in [1.54, 1.807) is 7.05 Å². The molecule has 2 aromatic carbocycles. The van der Waals surface area contributed by atoms with Gasteiger partial charge in [-0.2, -0.15) is 0 Å². The molecule has 0 aliphatic carbocycles. The number of nitrogens with zero attached hydrogens (tertiary/aromatic N) is 1. The van der Waals surface area contributed by atoms with Gasteiger partial charge in [0.1, 0.15) is 28.6 Å². The van der Waals surface area contributed by atoms with Crippen LogP contribution in [0.3, 0.4) is 0 Å². The fourth-order valence-corrected chi connectivity index (χ4v) is 8.11. The zero-order chi connectivity index (χ0) is 37.5. The van der Waals surface area contributed by atoms with Gasteiger partial charge >= 0.3 is 23.9 Å². The first-order chi connectivity index (χ1) is 23.1. The van der Waals surface area contributed by atoms with E-state index < -0.39 is 75.9 Å². The monoisotopic (exact) mass is 713 g/mol. The molecular weight excluding hydrogens is 666 g/mol. The summed E-state index contributed by atoms with van der Waals surface area (Å²) in [4.78, 5) is 65.9. The molecule has 12 nitrogen and oxygen atoms in total. The molecule has 0 radical (unpaired) electrons. The van der Waals surface area contributed by atoms with E-state index in [0.29, 0.717) is 27.9 Å². The Balaban J connectivity index is 2.06. The lowest BCUT2D eigenvalue weighted by Gasteiger charge is -2.46. The number of thioether (sulfide) groups is 1. The molecule has 2 heterocycles. The molecule has 2 aliphatic rings. The van der Waals surface area contributed by atoms with Gasteiger partial charge in [0.2, 0.25) is 0 Å². The molecule has 1 saturated heterocycles. The lowest BCUT2D eigenvalue weighted by molar-refractivity contribution is -0.237. The third-order valence-corrected chi connectivity index (χ3v) is 10.2. The van der Waals surface area contributed by atoms with Crippen molar-refractivity contribution in [3.05, 3.63) is 58.7 Å². The minimum Gasteiger partial charge on any atom is -0.507 e. The number of para-hydroxylation sites is 1. The number of likely N-dealkylation sites (N-methyl/N-ethyl adjacent to an activating group) is 1. The van der Waals surface area contributed by atoms with Crippen LogP contribution in [0.15, 0.2) is 36.4 Å². The lowest BCUT2D eigenvalue weighted by Crippen LogP contribution is -2.62. The number of hydrogen-bond acceptors (Lipinski definition) is 12. The summed E-state index contributed by atoms with van der Waals surface area (Å²) in [6.45, 7) is 16.1. The molecule has 0 aromatic heterocycles. The number of carbonyl (C=O) groups is 5. The molecule has 1 fully saturated rings. The molecule has 2 aromatic rings. The fraction of sp³-hybridized carbons (Fsp3) is 0.541. The molecule has 6 atom stereocenters. The summed E-state index contributed by atoms with van der Waals surface area (Å²) in [5.74, 6) is -3.13. The number of fused-ring (bicyclic) bond motifs is 1. The Bertz CT molecular complexity index is 1640. The van der Waals surface area contributed by atoms with E-state index in [4.69, 9.17) is 23.7 Å². The van der Waals surface area contributed by atoms with Crippen LogP contribution in [0.2, 0.25) is 0 Å². The number of anilines is 1. The summed E-state index contributed by atoms with van der Waals surface area (Å²) in [6, 6.07) is 10.9. The molecule has 0 saturated carbocycles. The van der Waals surface area contributed by atoms with Crippen LogP contribution in [0.4, 0.5) is 5.69 Å². The Morgan fingerprint density at radius 2 is 1.32 bits per heavy atom. The number of amides is 1. The molecule has 2 aliphatic heterocycles. The molecule has 50 heavy (non-hydrogen) atoms. The van der Waals surface area contributed by atoms with Gasteiger partial charge in [-0.05, 0) is 45.7 Å². The van der Waals surface area contributed by atoms with E-state index in [1.165, 1.54) is 18.7 Å². The second-order valence-electron chi connectivity index (χ2n) is 14.7. The minimum absolute atomic E-state index is 0.119. The highest BCUT2D eigenvalue weighted by atomic mass is 32.2. The van der Waals surface area contributed by atoms with Gasteiger partial charge in [0.05, 0.1) is 0 Å². The normalized spacial score (nSPS) is 25.1. The first-order valence-electron chi connectivity index (χ1n) is 16.3. The Morgan fingerprint density at radius 1 is 0.820 bits per heavy atom. The van der Waals surface area contributed by atoms with Gasteiger partial charge in [0.15, 0.2) is 18.3 Å². The van der Waals surface area contributed by atoms with Crippen LogP contribution in [0, 0.1) is 0 Å². The first-order valence-corrected chi connectivity index (χ1v) is 17.2. The van der Waals surface area contributed by atoms with Crippen molar-refractivity contribution in [2.45, 2.75) is 115 Å². The number of benzene rings is 2. The number of hydrogen-bond donors (Lipinski definition) is 1. The Morgan fingerprint density at radius 3 is 1.82 bits per heavy atom. The Kier molecular flexibility index (Phi) is 11.0. The predicted octanol–water partition coefficient (Wildman–Crippen LogP) is 5.02. The van der Waals surface area contributed by atoms with Crippen LogP contribution in [-0.2, 0) is 63.2 Å². The zero-order valence-corrected chi connectivity index (χ0v) is 31.3. The average molecular weight is 714 g/mol. The second kappa shape index (κ2) is 14.3. The summed E-state index contributed by atoms with van der Waals surface area (Å²) in [5.41, 5.74) is 0.631. The van der Waals surface area contributed by atoms with E-state index >= 15 is 0 Å². The van der Waals surface area contributed by atoms with E-state index in [2.05, 4.69) is 0 Å². The van der Waals surface area contributed by atoms with Gasteiger partial charge in [-0.3, -0.25) is 24.0 Å². The first kappa shape index (κ1) is 38.7. The van der Waals surface area contributed by atoms with Crippen LogP contribution >= 0.6 is 11.8 Å². The number of aromatic hydroxyl groups is 1. The summed E-state index contributed by atoms with van der Waals surface area (Å²) >= 11 is 1.02. The van der Waals surface area contributed by atoms with Crippen LogP contribution in [0.1, 0.15) is 91.5 Å². The summed E-state index contributed by atoms with van der Waals surface area (Å²) in [6.07, 6.45) is -5.36. The van der Waals surface area contributed by atoms with Crippen LogP contribution in [0.25, 0.3) is 0 Å². The standard InChI is InChI=1S/C37H47NO11S/c1-19(39)45-18-28-30(46-20(2)40)31(47-21(3)41)32(48-22(4)42)33(49-28)50-37(24-14-12-13-15-27(24)38(11)34(37)44)23-16-25(35(5,6)7)29(43)26(17-23)36(8,9)10/h12-17,28,30-33,43H,18H2,1-11H3/t28-,30-,31+,32-,33+,37+/m1/s1. The molecule has 0 bridgehead atoms. The highest BCUT2D eigenvalue weighted by Crippen LogP contribution is 2.57. The lowest BCUT2D eigenvalue weighted by atomic mass is 9.76. The molecule has 1 N–H and O–H groups in total. The average Bonchev–Trinajstić information content (AvgIpc) is 3.19. The number of rotatable bonds is 8. The van der Waals surface area contributed by atoms with Crippen LogP contribution in [0.5, 0.6) is 5.75 Å². The Labute approximate surface area is 297 Å². The van der Waals surface area contributed by atoms with Gasteiger partial charge in [0.25, 0.3) is 5.91 Å². The maximum Gasteiger partial charge on any atom is 0.303 e. The SMILES string of the molecule is CC(=O)OC[C@H]1O[C@@H](S[C@]2(c3cc(C(C)(C)C)c(O)c(C(C)(C)C)c3)C(=O)N(C)c3ccccc32)[C@H](OC(C)=O)[C@@H](OC(C)=O)[C@@H]1OC(C)=O. The van der Waals surface area contributed by atoms with Gasteiger partial charge in [-0.15, -0.1) is 0 Å². The van der Waals surface area contributed by atoms with Crippen molar-refractivity contribution < 1.29 is 52.8 Å². The van der Waals surface area contributed by atoms with Crippen molar-refractivity contribution >= 4 is 47.2 Å². The van der Waals surface area contributed by atoms with E-state index in [9.17, 15) is 29.1 Å². The van der Waals surface area contributed by atoms with Crippen molar-refractivity contribution in [3.8, 4) is 5.75 Å². The maximum absolute atomic E-state index is 14.9. The van der Waals surface area contributed by atoms with Crippen molar-refractivity contribution in [1.29, 1.82) is 0 Å². The number of ether oxygens (including phenoxy) is 5. The van der Waals surface area contributed by atoms with E-state index in [1.807, 2.05) is 77.9 Å². The number of esters is 4. The summed E-state index contributed by atoms with van der Waals surface area (Å²) < 4.78 is 27.3. The van der Waals surface area contributed by atoms with E-state index in [0.717, 1.165) is 25.6 Å². The van der Waals surface area contributed by atoms with Crippen LogP contribution < -0.4 is 4.90 Å². The zero-order valence-electron chi connectivity index (χ0n) is 30.4. The van der Waals surface area contributed by atoms with Crippen molar-refractivity contribution in [2.24, 2.45) is 0 Å². The third-order valence-electron chi connectivity index (χ3n) is 8.62. The smallest absolute Gasteiger partial charge is 0.303 e. The van der Waals surface area contributed by atoms with Crippen molar-refractivity contribution in [1.82, 2.24) is 0 Å². The van der Waals surface area contributed by atoms with Crippen molar-refractivity contribution in [2.75, 3.05) is 18.6 Å². The molecular formula is C37H47NO11S. The molecule has 4 rings (SSSR count). The molecule has 0 unspecified atom stereocenters. The van der Waals surface area contributed by atoms with Gasteiger partial charge in [0, 0.05) is 46.0 Å². The van der Waals surface area contributed by atoms with Gasteiger partial charge in [-0.25, -0.2) is 0 Å². The van der Waals surface area contributed by atoms with E-state index in [-0.39, 0.29) is 11.7 Å². The van der Waals surface area contributed by atoms with Gasteiger partial charge in [-0.1, -0.05) is 71.5 Å². The topological polar surface area (TPSA) is 155 Å². The number of phenols is 1. The summed E-state index contributed by atoms with van der Waals surface area (Å²) in [7, 11) is 1.66. The van der Waals surface area contributed by atoms with Crippen molar-refractivity contribution in [3.63, 3.8) is 0 Å². The third kappa shape index (κ3) is 7.63. The number of phenolic OH excluding ortho intramolecular Hbond substituents is 1. The molecule has 1 amide bonds. The largest absolute Gasteiger partial charge is 0.507 e. The fourth-order valence-electron chi connectivity index (χ4n) is 6.42. The number of carbonyl (C=O) groups excluding carboxylic acids is 5. The second-order valence-corrected chi connectivity index (χ2v) is 16.0. The molecule has 272 valence electrons. The van der Waals surface area contributed by atoms with Gasteiger partial charge < -0.3 is 33.7 Å². The van der Waals surface area contributed by atoms with Crippen LogP contribution in [-0.4, -0.2) is 78.4 Å². The summed E-state index contributed by atoms with van der Waals surface area (Å²) in [5, 5.41) is 11.6. The maximum atomic E-state index is 14.9. The Hall–Kier alpha value is -4.10.